The van der Waals surface area contributed by atoms with Gasteiger partial charge < -0.3 is 9.31 Å². The summed E-state index contributed by atoms with van der Waals surface area (Å²) in [7, 11) is -0.186. The second-order valence-electron chi connectivity index (χ2n) is 4.29. The molecular formula is C13H14BNO2. The lowest BCUT2D eigenvalue weighted by Gasteiger charge is -2.27. The Labute approximate surface area is 101 Å². The Morgan fingerprint density at radius 1 is 1.24 bits per heavy atom. The van der Waals surface area contributed by atoms with Gasteiger partial charge in [-0.2, -0.15) is 0 Å². The molecule has 1 aromatic rings. The summed E-state index contributed by atoms with van der Waals surface area (Å²) in [5.41, 5.74) is 2.19. The van der Waals surface area contributed by atoms with Crippen molar-refractivity contribution in [3.8, 4) is 0 Å². The molecule has 1 aliphatic carbocycles. The average Bonchev–Trinajstić information content (AvgIpc) is 2.94. The Morgan fingerprint density at radius 2 is 2.12 bits per heavy atom. The van der Waals surface area contributed by atoms with Crippen LogP contribution in [0.4, 0.5) is 0 Å². The first kappa shape index (κ1) is 10.7. The summed E-state index contributed by atoms with van der Waals surface area (Å²) in [4.78, 5) is 4.34. The van der Waals surface area contributed by atoms with Crippen LogP contribution in [-0.2, 0) is 9.31 Å². The number of hydrogen-bond donors (Lipinski definition) is 0. The van der Waals surface area contributed by atoms with Gasteiger partial charge in [0.15, 0.2) is 0 Å². The van der Waals surface area contributed by atoms with E-state index in [0.29, 0.717) is 13.2 Å². The van der Waals surface area contributed by atoms with E-state index in [-0.39, 0.29) is 13.0 Å². The zero-order chi connectivity index (χ0) is 11.5. The molecule has 0 atom stereocenters. The molecule has 3 rings (SSSR count). The van der Waals surface area contributed by atoms with Crippen LogP contribution in [0.25, 0.3) is 0 Å². The molecule has 86 valence electrons. The van der Waals surface area contributed by atoms with E-state index in [1.165, 1.54) is 0 Å². The van der Waals surface area contributed by atoms with Gasteiger partial charge in [0.2, 0.25) is 0 Å². The third kappa shape index (κ3) is 2.33. The van der Waals surface area contributed by atoms with Gasteiger partial charge in [-0.25, -0.2) is 0 Å². The van der Waals surface area contributed by atoms with E-state index >= 15 is 0 Å². The van der Waals surface area contributed by atoms with E-state index in [9.17, 15) is 0 Å². The van der Waals surface area contributed by atoms with Crippen molar-refractivity contribution in [2.24, 2.45) is 0 Å². The minimum absolute atomic E-state index is 0.186. The Balaban J connectivity index is 1.63. The minimum atomic E-state index is -0.186. The molecule has 0 amide bonds. The van der Waals surface area contributed by atoms with Crippen LogP contribution in [0, 0.1) is 0 Å². The van der Waals surface area contributed by atoms with Crippen molar-refractivity contribution in [3.05, 3.63) is 53.8 Å². The Morgan fingerprint density at radius 3 is 2.76 bits per heavy atom. The molecule has 0 N–H and O–H groups in total. The highest BCUT2D eigenvalue weighted by atomic mass is 16.6. The number of hydrogen-bond acceptors (Lipinski definition) is 3. The van der Waals surface area contributed by atoms with Crippen molar-refractivity contribution in [2.45, 2.75) is 12.3 Å². The third-order valence-corrected chi connectivity index (χ3v) is 3.08. The maximum absolute atomic E-state index is 5.75. The lowest BCUT2D eigenvalue weighted by molar-refractivity contribution is 0.117. The van der Waals surface area contributed by atoms with Crippen molar-refractivity contribution in [1.29, 1.82) is 0 Å². The van der Waals surface area contributed by atoms with Crippen LogP contribution in [0.3, 0.4) is 0 Å². The van der Waals surface area contributed by atoms with E-state index in [0.717, 1.165) is 17.6 Å². The first-order valence-electron chi connectivity index (χ1n) is 5.94. The van der Waals surface area contributed by atoms with E-state index < -0.39 is 0 Å². The van der Waals surface area contributed by atoms with Crippen molar-refractivity contribution in [1.82, 2.24) is 4.98 Å². The maximum atomic E-state index is 5.75. The lowest BCUT2D eigenvalue weighted by Crippen LogP contribution is -2.36. The fourth-order valence-electron chi connectivity index (χ4n) is 2.14. The number of aromatic nitrogens is 1. The summed E-state index contributed by atoms with van der Waals surface area (Å²) < 4.78 is 11.5. The fraction of sp³-hybridized carbons (Fsp3) is 0.308. The van der Waals surface area contributed by atoms with E-state index in [1.807, 2.05) is 24.4 Å². The van der Waals surface area contributed by atoms with E-state index in [4.69, 9.17) is 9.31 Å². The van der Waals surface area contributed by atoms with Crippen molar-refractivity contribution in [3.63, 3.8) is 0 Å². The number of nitrogens with zero attached hydrogens (tertiary/aromatic N) is 1. The van der Waals surface area contributed by atoms with Gasteiger partial charge in [-0.15, -0.1) is 0 Å². The smallest absolute Gasteiger partial charge is 0.406 e. The van der Waals surface area contributed by atoms with E-state index in [2.05, 4.69) is 23.2 Å². The van der Waals surface area contributed by atoms with Gasteiger partial charge in [0.05, 0.1) is 0 Å². The molecule has 0 saturated carbocycles. The number of pyridine rings is 1. The standard InChI is InChI=1S/C13H14BNO2/c1-2-6-12(5-1)14-16-9-11(10-17-14)13-7-3-4-8-15-13/h1,3-8,11H,2,9-10H2. The Bertz CT molecular complexity index is 436. The summed E-state index contributed by atoms with van der Waals surface area (Å²) >= 11 is 0. The molecule has 2 heterocycles. The van der Waals surface area contributed by atoms with Crippen molar-refractivity contribution in [2.75, 3.05) is 13.2 Å². The van der Waals surface area contributed by atoms with Crippen LogP contribution in [0.1, 0.15) is 18.0 Å². The van der Waals surface area contributed by atoms with Gasteiger partial charge in [0.25, 0.3) is 0 Å². The quantitative estimate of drug-likeness (QED) is 0.725. The molecule has 0 spiro atoms. The Kier molecular flexibility index (Phi) is 3.07. The van der Waals surface area contributed by atoms with Crippen molar-refractivity contribution < 1.29 is 9.31 Å². The molecule has 0 radical (unpaired) electrons. The average molecular weight is 227 g/mol. The van der Waals surface area contributed by atoms with Crippen LogP contribution < -0.4 is 0 Å². The summed E-state index contributed by atoms with van der Waals surface area (Å²) in [5.74, 6) is 0.249. The molecule has 1 saturated heterocycles. The molecule has 1 aliphatic heterocycles. The van der Waals surface area contributed by atoms with Crippen LogP contribution in [-0.4, -0.2) is 25.3 Å². The predicted octanol–water partition coefficient (Wildman–Crippen LogP) is 2.13. The highest BCUT2D eigenvalue weighted by Crippen LogP contribution is 2.23. The molecule has 4 heteroatoms. The first-order valence-corrected chi connectivity index (χ1v) is 5.94. The maximum Gasteiger partial charge on any atom is 0.493 e. The van der Waals surface area contributed by atoms with Gasteiger partial charge in [0.1, 0.15) is 0 Å². The third-order valence-electron chi connectivity index (χ3n) is 3.08. The minimum Gasteiger partial charge on any atom is -0.406 e. The van der Waals surface area contributed by atoms with Crippen LogP contribution in [0.2, 0.25) is 0 Å². The van der Waals surface area contributed by atoms with Gasteiger partial charge in [-0.1, -0.05) is 24.3 Å². The second-order valence-corrected chi connectivity index (χ2v) is 4.29. The monoisotopic (exact) mass is 227 g/mol. The predicted molar refractivity (Wildman–Crippen MR) is 66.5 cm³/mol. The number of rotatable bonds is 2. The second kappa shape index (κ2) is 4.86. The van der Waals surface area contributed by atoms with Gasteiger partial charge in [-0.3, -0.25) is 4.98 Å². The first-order chi connectivity index (χ1) is 8.43. The number of allylic oxidation sites excluding steroid dienone is 4. The van der Waals surface area contributed by atoms with E-state index in [1.54, 1.807) is 0 Å². The molecule has 2 aliphatic rings. The fourth-order valence-corrected chi connectivity index (χ4v) is 2.14. The van der Waals surface area contributed by atoms with Crippen LogP contribution in [0.15, 0.2) is 48.1 Å². The highest BCUT2D eigenvalue weighted by Gasteiger charge is 2.31. The summed E-state index contributed by atoms with van der Waals surface area (Å²) in [6, 6.07) is 5.94. The molecular weight excluding hydrogens is 213 g/mol. The highest BCUT2D eigenvalue weighted by molar-refractivity contribution is 6.55. The van der Waals surface area contributed by atoms with Crippen molar-refractivity contribution >= 4 is 7.12 Å². The summed E-state index contributed by atoms with van der Waals surface area (Å²) in [6.07, 6.45) is 9.14. The SMILES string of the molecule is C1=CC(B2OCC(c3ccccn3)CO2)=CC1. The molecule has 0 unspecified atom stereocenters. The normalized spacial score (nSPS) is 20.7. The van der Waals surface area contributed by atoms with Gasteiger partial charge in [0, 0.05) is 31.0 Å². The van der Waals surface area contributed by atoms with Gasteiger partial charge >= 0.3 is 7.12 Å². The summed E-state index contributed by atoms with van der Waals surface area (Å²) in [5, 5.41) is 0. The molecule has 1 fully saturated rings. The van der Waals surface area contributed by atoms with Crippen LogP contribution in [0.5, 0.6) is 0 Å². The lowest BCUT2D eigenvalue weighted by atomic mass is 9.77. The molecule has 1 aromatic heterocycles. The zero-order valence-electron chi connectivity index (χ0n) is 9.58. The van der Waals surface area contributed by atoms with Crippen LogP contribution >= 0.6 is 0 Å². The Hall–Kier alpha value is -1.39. The molecule has 0 aromatic carbocycles. The summed E-state index contributed by atoms with van der Waals surface area (Å²) in [6.45, 7) is 1.35. The van der Waals surface area contributed by atoms with Gasteiger partial charge in [-0.05, 0) is 24.0 Å². The largest absolute Gasteiger partial charge is 0.493 e. The topological polar surface area (TPSA) is 31.4 Å². The molecule has 17 heavy (non-hydrogen) atoms. The molecule has 3 nitrogen and oxygen atoms in total. The molecule has 0 bridgehead atoms. The zero-order valence-corrected chi connectivity index (χ0v) is 9.58.